The van der Waals surface area contributed by atoms with E-state index in [0.29, 0.717) is 5.46 Å². The van der Waals surface area contributed by atoms with Crippen molar-refractivity contribution in [1.29, 1.82) is 0 Å². The molecule has 0 aliphatic heterocycles. The fraction of sp³-hybridized carbons (Fsp3) is 0. The van der Waals surface area contributed by atoms with Gasteiger partial charge in [-0.1, -0.05) is 337 Å². The van der Waals surface area contributed by atoms with Crippen LogP contribution in [-0.2, 0) is 0 Å². The number of hydrogen-bond donors (Lipinski definition) is 2. The first-order valence-electron chi connectivity index (χ1n) is 34.6. The molecule has 0 atom stereocenters. The van der Waals surface area contributed by atoms with E-state index in [1.807, 2.05) is 60.7 Å². The molecule has 0 spiro atoms. The molecule has 2 heterocycles. The van der Waals surface area contributed by atoms with E-state index in [0.717, 1.165) is 42.7 Å². The SMILES string of the molecule is Brc1ccc(-c2c3ccccc3c(-c3ccccc3)c3ccccc23)cc1.OB(O)c1cc2c3ccccc3n(-c3ccccc3)c2c2ccccc12.c1ccc(-c2c3ccccc3c(-c3ccc(-c4cc5c6ccccc6n(-c6ccccc6)c5c5ccccc45)cc3)c3ccccc23)cc1. The molecule has 0 fully saturated rings. The lowest BCUT2D eigenvalue weighted by atomic mass is 9.76. The summed E-state index contributed by atoms with van der Waals surface area (Å²) >= 11 is 3.56. The Hall–Kier alpha value is -12.4. The summed E-state index contributed by atoms with van der Waals surface area (Å²) in [4.78, 5) is 0. The molecule has 2 aromatic heterocycles. The molecule has 2 N–H and O–H groups in total. The Labute approximate surface area is 599 Å². The standard InChI is InChI=1S/C48H31N.C26H17Br.C22H16BNO2/c1-3-15-33(16-4-1)46-38-21-8-10-23-40(38)47(41-24-11-9-22-39(41)46)34-29-27-32(28-30-34)43-31-44-37-20-13-14-26-45(37)49(35-17-5-2-6-18-35)48(44)42-25-12-7-19-36(42)43;27-20-16-14-19(15-17-20)26-23-12-6-4-10-21(23)25(18-8-2-1-3-9-18)22-11-5-7-13-24(22)26;25-23(26)20-14-19-17-11-6-7-13-21(17)24(15-8-2-1-3-9-15)22(19)18-12-5-4-10-16(18)20/h1-31H;1-17H;1-14,25-26H. The molecule has 18 aromatic carbocycles. The van der Waals surface area contributed by atoms with E-state index in [4.69, 9.17) is 0 Å². The van der Waals surface area contributed by atoms with Gasteiger partial charge in [0.2, 0.25) is 0 Å². The van der Waals surface area contributed by atoms with Crippen LogP contribution in [0.1, 0.15) is 0 Å². The van der Waals surface area contributed by atoms with Gasteiger partial charge in [0.1, 0.15) is 0 Å². The Bertz CT molecular complexity index is 6460. The van der Waals surface area contributed by atoms with Crippen LogP contribution in [0.2, 0.25) is 0 Å². The number of halogens is 1. The molecule has 0 unspecified atom stereocenters. The molecule has 102 heavy (non-hydrogen) atoms. The van der Waals surface area contributed by atoms with Crippen molar-refractivity contribution in [2.75, 3.05) is 0 Å². The summed E-state index contributed by atoms with van der Waals surface area (Å²) in [6, 6.07) is 134. The van der Waals surface area contributed by atoms with Gasteiger partial charge in [0.25, 0.3) is 0 Å². The van der Waals surface area contributed by atoms with E-state index >= 15 is 0 Å². The summed E-state index contributed by atoms with van der Waals surface area (Å²) in [5.41, 5.74) is 20.1. The van der Waals surface area contributed by atoms with Crippen LogP contribution in [0.25, 0.3) is 175 Å². The summed E-state index contributed by atoms with van der Waals surface area (Å²) < 4.78 is 5.77. The second-order valence-corrected chi connectivity index (χ2v) is 26.9. The Morgan fingerprint density at radius 2 is 0.480 bits per heavy atom. The zero-order chi connectivity index (χ0) is 68.2. The molecule has 6 heteroatoms. The average molecular weight is 1370 g/mol. The largest absolute Gasteiger partial charge is 0.489 e. The third kappa shape index (κ3) is 10.7. The minimum atomic E-state index is -1.51. The van der Waals surface area contributed by atoms with Crippen molar-refractivity contribution in [2.24, 2.45) is 0 Å². The molecule has 20 rings (SSSR count). The summed E-state index contributed by atoms with van der Waals surface area (Å²) in [6.45, 7) is 0. The Morgan fingerprint density at radius 3 is 0.853 bits per heavy atom. The first-order chi connectivity index (χ1) is 50.4. The lowest BCUT2D eigenvalue weighted by Crippen LogP contribution is -2.30. The number of hydrogen-bond acceptors (Lipinski definition) is 2. The van der Waals surface area contributed by atoms with Crippen molar-refractivity contribution < 1.29 is 10.0 Å². The molecule has 480 valence electrons. The van der Waals surface area contributed by atoms with Crippen molar-refractivity contribution in [3.63, 3.8) is 0 Å². The van der Waals surface area contributed by atoms with Gasteiger partial charge in [-0.15, -0.1) is 0 Å². The van der Waals surface area contributed by atoms with E-state index in [1.54, 1.807) is 0 Å². The van der Waals surface area contributed by atoms with Crippen molar-refractivity contribution in [1.82, 2.24) is 9.13 Å². The zero-order valence-electron chi connectivity index (χ0n) is 55.5. The summed E-state index contributed by atoms with van der Waals surface area (Å²) in [5, 5.41) is 39.1. The van der Waals surface area contributed by atoms with Crippen molar-refractivity contribution in [3.8, 4) is 67.0 Å². The summed E-state index contributed by atoms with van der Waals surface area (Å²) in [6.07, 6.45) is 0. The molecular weight excluding hydrogens is 1300 g/mol. The van der Waals surface area contributed by atoms with Gasteiger partial charge < -0.3 is 19.2 Å². The Kier molecular flexibility index (Phi) is 16.0. The second kappa shape index (κ2) is 26.4. The van der Waals surface area contributed by atoms with Crippen LogP contribution in [0, 0.1) is 0 Å². The minimum absolute atomic E-state index is 0.532. The minimum Gasteiger partial charge on any atom is -0.423 e. The van der Waals surface area contributed by atoms with Gasteiger partial charge in [0.15, 0.2) is 0 Å². The third-order valence-electron chi connectivity index (χ3n) is 20.3. The second-order valence-electron chi connectivity index (χ2n) is 26.0. The van der Waals surface area contributed by atoms with Crippen LogP contribution in [-0.4, -0.2) is 26.3 Å². The maximum absolute atomic E-state index is 9.93. The highest BCUT2D eigenvalue weighted by molar-refractivity contribution is 9.10. The molecule has 0 radical (unpaired) electrons. The topological polar surface area (TPSA) is 50.3 Å². The van der Waals surface area contributed by atoms with E-state index in [2.05, 4.69) is 341 Å². The molecule has 4 nitrogen and oxygen atoms in total. The van der Waals surface area contributed by atoms with Crippen LogP contribution in [0.15, 0.2) is 381 Å². The van der Waals surface area contributed by atoms with Gasteiger partial charge in [-0.25, -0.2) is 0 Å². The van der Waals surface area contributed by atoms with Gasteiger partial charge >= 0.3 is 7.12 Å². The zero-order valence-corrected chi connectivity index (χ0v) is 57.1. The lowest BCUT2D eigenvalue weighted by Gasteiger charge is -2.18. The Morgan fingerprint density at radius 1 is 0.216 bits per heavy atom. The first kappa shape index (κ1) is 61.9. The Balaban J connectivity index is 0.000000119. The van der Waals surface area contributed by atoms with E-state index in [1.165, 1.54) is 137 Å². The average Bonchev–Trinajstić information content (AvgIpc) is 1.34. The summed E-state index contributed by atoms with van der Waals surface area (Å²) in [7, 11) is -1.51. The van der Waals surface area contributed by atoms with Crippen LogP contribution in [0.5, 0.6) is 0 Å². The predicted molar refractivity (Wildman–Crippen MR) is 438 cm³/mol. The number of fused-ring (bicyclic) bond motifs is 14. The number of aromatic nitrogens is 2. The smallest absolute Gasteiger partial charge is 0.423 e. The van der Waals surface area contributed by atoms with E-state index < -0.39 is 7.12 Å². The first-order valence-corrected chi connectivity index (χ1v) is 35.4. The highest BCUT2D eigenvalue weighted by atomic mass is 79.9. The maximum Gasteiger partial charge on any atom is 0.489 e. The molecular formula is C96H64BBrN2O2. The van der Waals surface area contributed by atoms with Crippen LogP contribution in [0.3, 0.4) is 0 Å². The van der Waals surface area contributed by atoms with Crippen LogP contribution >= 0.6 is 15.9 Å². The molecule has 0 amide bonds. The number of rotatable bonds is 8. The predicted octanol–water partition coefficient (Wildman–Crippen LogP) is 25.0. The quantitative estimate of drug-likeness (QED) is 0.118. The fourth-order valence-electron chi connectivity index (χ4n) is 16.0. The molecule has 0 saturated heterocycles. The fourth-order valence-corrected chi connectivity index (χ4v) is 16.2. The van der Waals surface area contributed by atoms with Gasteiger partial charge in [-0.05, 0) is 170 Å². The number of nitrogens with zero attached hydrogens (tertiary/aromatic N) is 2. The lowest BCUT2D eigenvalue weighted by molar-refractivity contribution is 0.426. The van der Waals surface area contributed by atoms with Gasteiger partial charge in [-0.2, -0.15) is 0 Å². The number of para-hydroxylation sites is 4. The normalized spacial score (nSPS) is 11.5. The van der Waals surface area contributed by atoms with Crippen molar-refractivity contribution >= 4 is 137 Å². The maximum atomic E-state index is 9.93. The van der Waals surface area contributed by atoms with Crippen molar-refractivity contribution in [2.45, 2.75) is 0 Å². The number of benzene rings is 18. The molecule has 0 aliphatic rings. The highest BCUT2D eigenvalue weighted by Gasteiger charge is 2.24. The molecule has 20 aromatic rings. The van der Waals surface area contributed by atoms with Gasteiger partial charge in [0, 0.05) is 48.2 Å². The van der Waals surface area contributed by atoms with E-state index in [-0.39, 0.29) is 0 Å². The van der Waals surface area contributed by atoms with Crippen LogP contribution < -0.4 is 5.46 Å². The summed E-state index contributed by atoms with van der Waals surface area (Å²) in [5.74, 6) is 0. The molecule has 0 saturated carbocycles. The molecule has 0 aliphatic carbocycles. The van der Waals surface area contributed by atoms with Crippen molar-refractivity contribution in [3.05, 3.63) is 381 Å². The highest BCUT2D eigenvalue weighted by Crippen LogP contribution is 2.48. The van der Waals surface area contributed by atoms with Gasteiger partial charge in [0.05, 0.1) is 22.1 Å². The third-order valence-corrected chi connectivity index (χ3v) is 20.8. The monoisotopic (exact) mass is 1370 g/mol. The molecule has 0 bridgehead atoms. The van der Waals surface area contributed by atoms with Crippen LogP contribution in [0.4, 0.5) is 0 Å². The van der Waals surface area contributed by atoms with Gasteiger partial charge in [-0.3, -0.25) is 0 Å². The van der Waals surface area contributed by atoms with E-state index in [9.17, 15) is 10.0 Å².